The van der Waals surface area contributed by atoms with Crippen molar-refractivity contribution < 1.29 is 19.0 Å². The lowest BCUT2D eigenvalue weighted by Crippen LogP contribution is -2.34. The molecule has 0 atom stereocenters. The first-order valence-corrected chi connectivity index (χ1v) is 9.46. The maximum absolute atomic E-state index is 12.5. The van der Waals surface area contributed by atoms with Gasteiger partial charge in [0.1, 0.15) is 18.1 Å². The van der Waals surface area contributed by atoms with Crippen molar-refractivity contribution in [1.82, 2.24) is 5.32 Å². The highest BCUT2D eigenvalue weighted by molar-refractivity contribution is 7.80. The van der Waals surface area contributed by atoms with Gasteiger partial charge in [0, 0.05) is 12.8 Å². The second kappa shape index (κ2) is 11.3. The lowest BCUT2D eigenvalue weighted by Gasteiger charge is -2.13. The van der Waals surface area contributed by atoms with Crippen molar-refractivity contribution >= 4 is 28.9 Å². The molecular formula is C21H26N2O4S. The average molecular weight is 403 g/mol. The summed E-state index contributed by atoms with van der Waals surface area (Å²) in [6, 6.07) is 14.4. The zero-order valence-electron chi connectivity index (χ0n) is 16.4. The third-order valence-electron chi connectivity index (χ3n) is 3.60. The molecule has 2 rings (SSSR count). The van der Waals surface area contributed by atoms with E-state index in [1.54, 1.807) is 31.4 Å². The van der Waals surface area contributed by atoms with Crippen molar-refractivity contribution in [3.05, 3.63) is 54.1 Å². The molecule has 150 valence electrons. The molecule has 0 aliphatic rings. The Labute approximate surface area is 171 Å². The molecule has 0 aromatic heterocycles. The number of carbonyl (C=O) groups excluding carboxylic acids is 1. The number of nitrogens with one attached hydrogen (secondary N) is 2. The highest BCUT2D eigenvalue weighted by Crippen LogP contribution is 2.19. The van der Waals surface area contributed by atoms with Crippen molar-refractivity contribution in [3.63, 3.8) is 0 Å². The summed E-state index contributed by atoms with van der Waals surface area (Å²) < 4.78 is 16.2. The molecule has 0 aliphatic carbocycles. The Kier molecular flexibility index (Phi) is 8.71. The van der Waals surface area contributed by atoms with Crippen LogP contribution in [0.5, 0.6) is 11.5 Å². The van der Waals surface area contributed by atoms with Crippen molar-refractivity contribution in [1.29, 1.82) is 0 Å². The maximum atomic E-state index is 12.5. The van der Waals surface area contributed by atoms with Gasteiger partial charge >= 0.3 is 0 Å². The largest absolute Gasteiger partial charge is 0.493 e. The third kappa shape index (κ3) is 7.17. The molecule has 0 saturated heterocycles. The summed E-state index contributed by atoms with van der Waals surface area (Å²) in [5.74, 6) is 1.38. The summed E-state index contributed by atoms with van der Waals surface area (Å²) in [5.41, 5.74) is 1.16. The second-order valence-corrected chi connectivity index (χ2v) is 6.88. The minimum Gasteiger partial charge on any atom is -0.493 e. The molecule has 6 nitrogen and oxygen atoms in total. The predicted molar refractivity (Wildman–Crippen MR) is 114 cm³/mol. The Balaban J connectivity index is 1.91. The summed E-state index contributed by atoms with van der Waals surface area (Å²) >= 11 is 5.24. The minimum absolute atomic E-state index is 0.201. The van der Waals surface area contributed by atoms with Crippen molar-refractivity contribution in [3.8, 4) is 11.5 Å². The molecule has 1 amide bonds. The van der Waals surface area contributed by atoms with E-state index in [1.807, 2.05) is 24.3 Å². The number of carbonyl (C=O) groups is 1. The summed E-state index contributed by atoms with van der Waals surface area (Å²) in [6.45, 7) is 5.64. The Bertz CT molecular complexity index is 778. The number of para-hydroxylation sites is 1. The second-order valence-electron chi connectivity index (χ2n) is 6.47. The van der Waals surface area contributed by atoms with Gasteiger partial charge in [-0.05, 0) is 54.5 Å². The first-order valence-electron chi connectivity index (χ1n) is 9.05. The minimum atomic E-state index is -0.345. The van der Waals surface area contributed by atoms with Crippen LogP contribution in [-0.2, 0) is 4.74 Å². The van der Waals surface area contributed by atoms with Gasteiger partial charge in [-0.3, -0.25) is 10.1 Å². The number of amides is 1. The summed E-state index contributed by atoms with van der Waals surface area (Å²) in [4.78, 5) is 12.5. The molecular weight excluding hydrogens is 376 g/mol. The fourth-order valence-corrected chi connectivity index (χ4v) is 2.46. The van der Waals surface area contributed by atoms with E-state index in [0.717, 1.165) is 11.4 Å². The van der Waals surface area contributed by atoms with Crippen LogP contribution in [0.1, 0.15) is 24.2 Å². The lowest BCUT2D eigenvalue weighted by molar-refractivity contribution is 0.0970. The fourth-order valence-electron chi connectivity index (χ4n) is 2.25. The van der Waals surface area contributed by atoms with Gasteiger partial charge in [0.15, 0.2) is 5.11 Å². The van der Waals surface area contributed by atoms with Gasteiger partial charge in [0.25, 0.3) is 5.91 Å². The smallest absolute Gasteiger partial charge is 0.261 e. The van der Waals surface area contributed by atoms with Crippen LogP contribution >= 0.6 is 12.2 Å². The Morgan fingerprint density at radius 2 is 1.75 bits per heavy atom. The molecule has 0 aliphatic heterocycles. The van der Waals surface area contributed by atoms with Gasteiger partial charge in [-0.2, -0.15) is 0 Å². The first kappa shape index (κ1) is 21.7. The predicted octanol–water partition coefficient (Wildman–Crippen LogP) is 3.87. The highest BCUT2D eigenvalue weighted by atomic mass is 32.1. The lowest BCUT2D eigenvalue weighted by atomic mass is 10.2. The zero-order chi connectivity index (χ0) is 20.4. The van der Waals surface area contributed by atoms with E-state index in [-0.39, 0.29) is 11.0 Å². The van der Waals surface area contributed by atoms with E-state index in [0.29, 0.717) is 37.1 Å². The van der Waals surface area contributed by atoms with E-state index >= 15 is 0 Å². The monoisotopic (exact) mass is 402 g/mol. The van der Waals surface area contributed by atoms with Gasteiger partial charge in [0.05, 0.1) is 18.8 Å². The van der Waals surface area contributed by atoms with Crippen LogP contribution in [0.3, 0.4) is 0 Å². The average Bonchev–Trinajstić information content (AvgIpc) is 2.68. The van der Waals surface area contributed by atoms with Crippen molar-refractivity contribution in [2.24, 2.45) is 5.92 Å². The SMILES string of the molecule is COCCOc1ccccc1C(=O)NC(=S)Nc1ccc(OCC(C)C)cc1. The topological polar surface area (TPSA) is 68.8 Å². The number of ether oxygens (including phenoxy) is 3. The molecule has 0 heterocycles. The van der Waals surface area contributed by atoms with Crippen LogP contribution in [0, 0.1) is 5.92 Å². The summed E-state index contributed by atoms with van der Waals surface area (Å²) in [5, 5.41) is 5.86. The van der Waals surface area contributed by atoms with E-state index in [1.165, 1.54) is 0 Å². The Hall–Kier alpha value is -2.64. The number of thiocarbonyl (C=S) groups is 1. The number of methoxy groups -OCH3 is 1. The van der Waals surface area contributed by atoms with E-state index in [2.05, 4.69) is 24.5 Å². The van der Waals surface area contributed by atoms with Crippen LogP contribution < -0.4 is 20.1 Å². The van der Waals surface area contributed by atoms with Gasteiger partial charge in [0.2, 0.25) is 0 Å². The molecule has 2 aromatic carbocycles. The van der Waals surface area contributed by atoms with Crippen LogP contribution in [0.25, 0.3) is 0 Å². The van der Waals surface area contributed by atoms with Gasteiger partial charge in [-0.25, -0.2) is 0 Å². The molecule has 0 saturated carbocycles. The molecule has 0 spiro atoms. The van der Waals surface area contributed by atoms with Crippen LogP contribution in [0.2, 0.25) is 0 Å². The number of hydrogen-bond donors (Lipinski definition) is 2. The van der Waals surface area contributed by atoms with Gasteiger partial charge < -0.3 is 19.5 Å². The standard InChI is InChI=1S/C21H26N2O4S/c1-15(2)14-27-17-10-8-16(9-11-17)22-21(28)23-20(24)18-6-4-5-7-19(18)26-13-12-25-3/h4-11,15H,12-14H2,1-3H3,(H2,22,23,24,28). The van der Waals surface area contributed by atoms with Gasteiger partial charge in [-0.1, -0.05) is 26.0 Å². The number of hydrogen-bond acceptors (Lipinski definition) is 5. The molecule has 28 heavy (non-hydrogen) atoms. The molecule has 2 aromatic rings. The van der Waals surface area contributed by atoms with E-state index in [9.17, 15) is 4.79 Å². The Morgan fingerprint density at radius 1 is 1.04 bits per heavy atom. The normalized spacial score (nSPS) is 10.4. The third-order valence-corrected chi connectivity index (χ3v) is 3.80. The van der Waals surface area contributed by atoms with Crippen molar-refractivity contribution in [2.75, 3.05) is 32.2 Å². The van der Waals surface area contributed by atoms with Crippen LogP contribution in [0.15, 0.2) is 48.5 Å². The zero-order valence-corrected chi connectivity index (χ0v) is 17.2. The number of rotatable bonds is 9. The highest BCUT2D eigenvalue weighted by Gasteiger charge is 2.13. The fraction of sp³-hybridized carbons (Fsp3) is 0.333. The molecule has 2 N–H and O–H groups in total. The summed E-state index contributed by atoms with van der Waals surface area (Å²) in [6.07, 6.45) is 0. The quantitative estimate of drug-likeness (QED) is 0.490. The Morgan fingerprint density at radius 3 is 2.43 bits per heavy atom. The van der Waals surface area contributed by atoms with E-state index < -0.39 is 0 Å². The van der Waals surface area contributed by atoms with Gasteiger partial charge in [-0.15, -0.1) is 0 Å². The first-order chi connectivity index (χ1) is 13.5. The molecule has 0 unspecified atom stereocenters. The maximum Gasteiger partial charge on any atom is 0.261 e. The molecule has 7 heteroatoms. The van der Waals surface area contributed by atoms with Crippen LogP contribution in [0.4, 0.5) is 5.69 Å². The summed E-state index contributed by atoms with van der Waals surface area (Å²) in [7, 11) is 1.59. The van der Waals surface area contributed by atoms with Crippen LogP contribution in [-0.4, -0.2) is 38.0 Å². The number of anilines is 1. The van der Waals surface area contributed by atoms with Crippen molar-refractivity contribution in [2.45, 2.75) is 13.8 Å². The van der Waals surface area contributed by atoms with E-state index in [4.69, 9.17) is 26.4 Å². The molecule has 0 fully saturated rings. The molecule has 0 radical (unpaired) electrons. The number of benzene rings is 2. The molecule has 0 bridgehead atoms.